The molecular weight excluding hydrogens is 230 g/mol. The fourth-order valence-electron chi connectivity index (χ4n) is 2.09. The average Bonchev–Trinajstić information content (AvgIpc) is 2.68. The Bertz CT molecular complexity index is 612. The molecule has 0 saturated carbocycles. The largest absolute Gasteiger partial charge is 0.323 e. The predicted molar refractivity (Wildman–Crippen MR) is 70.6 cm³/mol. The van der Waals surface area contributed by atoms with Crippen LogP contribution in [0, 0.1) is 0 Å². The van der Waals surface area contributed by atoms with Crippen LogP contribution in [0.1, 0.15) is 31.4 Å². The number of hydrogen-bond donors (Lipinski definition) is 3. The highest BCUT2D eigenvalue weighted by atomic mass is 16.1. The number of nitrogens with one attached hydrogen (secondary N) is 3. The molecule has 0 aliphatic rings. The van der Waals surface area contributed by atoms with E-state index in [9.17, 15) is 9.59 Å². The first-order valence-corrected chi connectivity index (χ1v) is 5.99. The second-order valence-electron chi connectivity index (χ2n) is 4.47. The van der Waals surface area contributed by atoms with E-state index in [-0.39, 0.29) is 17.5 Å². The van der Waals surface area contributed by atoms with E-state index in [2.05, 4.69) is 15.3 Å². The van der Waals surface area contributed by atoms with Crippen LogP contribution in [0.4, 0.5) is 0 Å². The molecule has 1 atom stereocenters. The number of Topliss-reactive ketones (excluding diaryl/α,β-unsaturated/α-hetero) is 1. The highest BCUT2D eigenvalue weighted by Gasteiger charge is 2.11. The minimum absolute atomic E-state index is 0.122. The van der Waals surface area contributed by atoms with Crippen LogP contribution in [0.5, 0.6) is 0 Å². The SMILES string of the molecule is CNC(CCC(C)=O)c1ccc2[nH]c(=O)[nH]c2c1. The molecule has 96 valence electrons. The first kappa shape index (κ1) is 12.6. The van der Waals surface area contributed by atoms with Crippen molar-refractivity contribution in [3.8, 4) is 0 Å². The molecule has 0 fully saturated rings. The van der Waals surface area contributed by atoms with Gasteiger partial charge in [0.15, 0.2) is 0 Å². The fraction of sp³-hybridized carbons (Fsp3) is 0.385. The smallest absolute Gasteiger partial charge is 0.313 e. The van der Waals surface area contributed by atoms with Gasteiger partial charge in [-0.25, -0.2) is 4.79 Å². The van der Waals surface area contributed by atoms with Crippen LogP contribution >= 0.6 is 0 Å². The van der Waals surface area contributed by atoms with Gasteiger partial charge in [-0.05, 0) is 38.1 Å². The monoisotopic (exact) mass is 247 g/mol. The molecule has 0 spiro atoms. The zero-order chi connectivity index (χ0) is 13.1. The molecule has 0 aliphatic heterocycles. The summed E-state index contributed by atoms with van der Waals surface area (Å²) in [5.74, 6) is 0.186. The summed E-state index contributed by atoms with van der Waals surface area (Å²) in [6.45, 7) is 1.60. The Morgan fingerprint density at radius 3 is 2.72 bits per heavy atom. The molecule has 2 rings (SSSR count). The Balaban J connectivity index is 2.27. The van der Waals surface area contributed by atoms with E-state index in [0.29, 0.717) is 6.42 Å². The number of benzene rings is 1. The number of hydrogen-bond acceptors (Lipinski definition) is 3. The maximum atomic E-state index is 11.2. The third-order valence-electron chi connectivity index (χ3n) is 3.08. The third kappa shape index (κ3) is 2.68. The highest BCUT2D eigenvalue weighted by molar-refractivity contribution is 5.76. The maximum Gasteiger partial charge on any atom is 0.323 e. The number of imidazole rings is 1. The Hall–Kier alpha value is -1.88. The van der Waals surface area contributed by atoms with Crippen molar-refractivity contribution in [3.63, 3.8) is 0 Å². The van der Waals surface area contributed by atoms with E-state index < -0.39 is 0 Å². The van der Waals surface area contributed by atoms with Gasteiger partial charge >= 0.3 is 5.69 Å². The van der Waals surface area contributed by atoms with Gasteiger partial charge in [0, 0.05) is 12.5 Å². The second kappa shape index (κ2) is 5.18. The van der Waals surface area contributed by atoms with Gasteiger partial charge < -0.3 is 20.1 Å². The van der Waals surface area contributed by atoms with Crippen molar-refractivity contribution in [2.24, 2.45) is 0 Å². The summed E-state index contributed by atoms with van der Waals surface area (Å²) in [5.41, 5.74) is 2.46. The summed E-state index contributed by atoms with van der Waals surface area (Å²) in [6, 6.07) is 5.90. The number of carbonyl (C=O) groups excluding carboxylic acids is 1. The van der Waals surface area contributed by atoms with Gasteiger partial charge in [0.2, 0.25) is 0 Å². The molecule has 1 aromatic carbocycles. The highest BCUT2D eigenvalue weighted by Crippen LogP contribution is 2.21. The molecule has 0 aliphatic carbocycles. The minimum atomic E-state index is -0.202. The number of rotatable bonds is 5. The van der Waals surface area contributed by atoms with Crippen molar-refractivity contribution in [2.45, 2.75) is 25.8 Å². The summed E-state index contributed by atoms with van der Waals surface area (Å²) >= 11 is 0. The minimum Gasteiger partial charge on any atom is -0.313 e. The summed E-state index contributed by atoms with van der Waals surface area (Å²) in [7, 11) is 1.87. The van der Waals surface area contributed by atoms with Gasteiger partial charge in [-0.3, -0.25) is 0 Å². The van der Waals surface area contributed by atoms with Crippen molar-refractivity contribution in [1.82, 2.24) is 15.3 Å². The molecule has 1 unspecified atom stereocenters. The Morgan fingerprint density at radius 2 is 2.06 bits per heavy atom. The molecule has 0 bridgehead atoms. The average molecular weight is 247 g/mol. The third-order valence-corrected chi connectivity index (χ3v) is 3.08. The van der Waals surface area contributed by atoms with Crippen LogP contribution in [0.25, 0.3) is 11.0 Å². The lowest BCUT2D eigenvalue weighted by Crippen LogP contribution is -2.17. The fourth-order valence-corrected chi connectivity index (χ4v) is 2.09. The molecule has 5 heteroatoms. The number of fused-ring (bicyclic) bond motifs is 1. The zero-order valence-corrected chi connectivity index (χ0v) is 10.5. The molecular formula is C13H17N3O2. The van der Waals surface area contributed by atoms with E-state index in [1.54, 1.807) is 6.92 Å². The summed E-state index contributed by atoms with van der Waals surface area (Å²) in [5, 5.41) is 3.19. The molecule has 3 N–H and O–H groups in total. The Morgan fingerprint density at radius 1 is 1.33 bits per heavy atom. The Labute approximate surface area is 105 Å². The normalized spacial score (nSPS) is 12.8. The molecule has 0 radical (unpaired) electrons. The predicted octanol–water partition coefficient (Wildman–Crippen LogP) is 1.49. The van der Waals surface area contributed by atoms with Crippen LogP contribution in [-0.2, 0) is 4.79 Å². The quantitative estimate of drug-likeness (QED) is 0.749. The molecule has 1 aromatic heterocycles. The molecule has 0 amide bonds. The van der Waals surface area contributed by atoms with Crippen molar-refractivity contribution < 1.29 is 4.79 Å². The van der Waals surface area contributed by atoms with E-state index >= 15 is 0 Å². The molecule has 0 saturated heterocycles. The molecule has 1 heterocycles. The van der Waals surface area contributed by atoms with Gasteiger partial charge in [-0.1, -0.05) is 6.07 Å². The summed E-state index contributed by atoms with van der Waals surface area (Å²) < 4.78 is 0. The number of aromatic amines is 2. The lowest BCUT2D eigenvalue weighted by molar-refractivity contribution is -0.117. The van der Waals surface area contributed by atoms with Gasteiger partial charge in [-0.2, -0.15) is 0 Å². The van der Waals surface area contributed by atoms with Gasteiger partial charge in [0.1, 0.15) is 5.78 Å². The number of carbonyl (C=O) groups is 1. The van der Waals surface area contributed by atoms with Crippen LogP contribution in [0.3, 0.4) is 0 Å². The van der Waals surface area contributed by atoms with Crippen LogP contribution in [-0.4, -0.2) is 22.8 Å². The summed E-state index contributed by atoms with van der Waals surface area (Å²) in [4.78, 5) is 27.7. The van der Waals surface area contributed by atoms with E-state index in [1.165, 1.54) is 0 Å². The Kier molecular flexibility index (Phi) is 3.62. The van der Waals surface area contributed by atoms with Crippen LogP contribution < -0.4 is 11.0 Å². The van der Waals surface area contributed by atoms with E-state index in [4.69, 9.17) is 0 Å². The van der Waals surface area contributed by atoms with Crippen molar-refractivity contribution >= 4 is 16.8 Å². The van der Waals surface area contributed by atoms with Gasteiger partial charge in [-0.15, -0.1) is 0 Å². The lowest BCUT2D eigenvalue weighted by atomic mass is 10.0. The van der Waals surface area contributed by atoms with Crippen molar-refractivity contribution in [2.75, 3.05) is 7.05 Å². The molecule has 5 nitrogen and oxygen atoms in total. The van der Waals surface area contributed by atoms with Crippen molar-refractivity contribution in [1.29, 1.82) is 0 Å². The molecule has 2 aromatic rings. The number of H-pyrrole nitrogens is 2. The van der Waals surface area contributed by atoms with Crippen LogP contribution in [0.2, 0.25) is 0 Å². The van der Waals surface area contributed by atoms with E-state index in [0.717, 1.165) is 23.0 Å². The van der Waals surface area contributed by atoms with Crippen molar-refractivity contribution in [3.05, 3.63) is 34.2 Å². The second-order valence-corrected chi connectivity index (χ2v) is 4.47. The zero-order valence-electron chi connectivity index (χ0n) is 10.5. The first-order chi connectivity index (χ1) is 8.60. The molecule has 18 heavy (non-hydrogen) atoms. The van der Waals surface area contributed by atoms with Gasteiger partial charge in [0.05, 0.1) is 11.0 Å². The van der Waals surface area contributed by atoms with Gasteiger partial charge in [0.25, 0.3) is 0 Å². The first-order valence-electron chi connectivity index (χ1n) is 5.99. The summed E-state index contributed by atoms with van der Waals surface area (Å²) in [6.07, 6.45) is 1.30. The standard InChI is InChI=1S/C13H17N3O2/c1-8(17)3-5-10(14-2)9-4-6-11-12(7-9)16-13(18)15-11/h4,6-7,10,14H,3,5H2,1-2H3,(H2,15,16,18). The van der Waals surface area contributed by atoms with Crippen LogP contribution in [0.15, 0.2) is 23.0 Å². The topological polar surface area (TPSA) is 77.8 Å². The number of aromatic nitrogens is 2. The maximum absolute atomic E-state index is 11.2. The number of ketones is 1. The van der Waals surface area contributed by atoms with E-state index in [1.807, 2.05) is 25.2 Å². The lowest BCUT2D eigenvalue weighted by Gasteiger charge is -2.15.